The maximum absolute atomic E-state index is 12.2. The number of nitrogens with one attached hydrogen (secondary N) is 1. The number of ether oxygens (including phenoxy) is 1. The highest BCUT2D eigenvalue weighted by Crippen LogP contribution is 2.25. The summed E-state index contributed by atoms with van der Waals surface area (Å²) >= 11 is 0. The van der Waals surface area contributed by atoms with E-state index in [-0.39, 0.29) is 5.91 Å². The van der Waals surface area contributed by atoms with E-state index in [9.17, 15) is 4.79 Å². The van der Waals surface area contributed by atoms with Crippen LogP contribution in [-0.4, -0.2) is 43.6 Å². The molecule has 2 heterocycles. The molecule has 120 valence electrons. The maximum Gasteiger partial charge on any atom is 0.251 e. The molecule has 0 saturated carbocycles. The first-order valence-corrected chi connectivity index (χ1v) is 8.48. The summed E-state index contributed by atoms with van der Waals surface area (Å²) < 4.78 is 5.47. The molecule has 1 saturated heterocycles. The van der Waals surface area contributed by atoms with Gasteiger partial charge in [-0.05, 0) is 62.0 Å². The Labute approximate surface area is 132 Å². The van der Waals surface area contributed by atoms with Crippen molar-refractivity contribution in [3.63, 3.8) is 0 Å². The largest absolute Gasteiger partial charge is 0.493 e. The summed E-state index contributed by atoms with van der Waals surface area (Å²) in [5.74, 6) is 1.77. The molecular formula is C18H26N2O2. The van der Waals surface area contributed by atoms with E-state index < -0.39 is 0 Å². The van der Waals surface area contributed by atoms with Gasteiger partial charge >= 0.3 is 0 Å². The average molecular weight is 302 g/mol. The predicted molar refractivity (Wildman–Crippen MR) is 87.4 cm³/mol. The van der Waals surface area contributed by atoms with E-state index >= 15 is 0 Å². The van der Waals surface area contributed by atoms with Crippen molar-refractivity contribution in [1.82, 2.24) is 10.2 Å². The summed E-state index contributed by atoms with van der Waals surface area (Å²) in [6.07, 6.45) is 4.59. The Balaban J connectivity index is 1.41. The van der Waals surface area contributed by atoms with Gasteiger partial charge in [-0.3, -0.25) is 4.79 Å². The van der Waals surface area contributed by atoms with E-state index in [2.05, 4.69) is 17.1 Å². The summed E-state index contributed by atoms with van der Waals surface area (Å²) in [4.78, 5) is 14.7. The quantitative estimate of drug-likeness (QED) is 0.850. The summed E-state index contributed by atoms with van der Waals surface area (Å²) in [7, 11) is 0. The molecule has 1 fully saturated rings. The van der Waals surface area contributed by atoms with Gasteiger partial charge in [0.05, 0.1) is 6.61 Å². The Morgan fingerprint density at radius 1 is 1.45 bits per heavy atom. The second-order valence-corrected chi connectivity index (χ2v) is 6.58. The zero-order valence-corrected chi connectivity index (χ0v) is 13.4. The van der Waals surface area contributed by atoms with Crippen LogP contribution in [0.1, 0.15) is 42.1 Å². The number of nitrogens with zero attached hydrogens (tertiary/aromatic N) is 1. The summed E-state index contributed by atoms with van der Waals surface area (Å²) in [5, 5.41) is 3.03. The van der Waals surface area contributed by atoms with E-state index in [0.717, 1.165) is 55.3 Å². The lowest BCUT2D eigenvalue weighted by Crippen LogP contribution is -2.36. The Kier molecular flexibility index (Phi) is 4.98. The molecule has 22 heavy (non-hydrogen) atoms. The third-order valence-corrected chi connectivity index (χ3v) is 4.63. The van der Waals surface area contributed by atoms with Crippen molar-refractivity contribution < 1.29 is 9.53 Å². The number of carbonyl (C=O) groups is 1. The third kappa shape index (κ3) is 3.80. The van der Waals surface area contributed by atoms with Gasteiger partial charge in [0.15, 0.2) is 0 Å². The predicted octanol–water partition coefficient (Wildman–Crippen LogP) is 2.47. The zero-order valence-electron chi connectivity index (χ0n) is 13.4. The second kappa shape index (κ2) is 7.14. The number of benzene rings is 1. The van der Waals surface area contributed by atoms with Crippen LogP contribution in [-0.2, 0) is 6.42 Å². The summed E-state index contributed by atoms with van der Waals surface area (Å²) in [6, 6.07) is 5.72. The van der Waals surface area contributed by atoms with Crippen LogP contribution in [0.5, 0.6) is 5.75 Å². The van der Waals surface area contributed by atoms with E-state index in [4.69, 9.17) is 4.74 Å². The topological polar surface area (TPSA) is 41.6 Å². The normalized spacial score (nSPS) is 21.2. The van der Waals surface area contributed by atoms with Crippen LogP contribution in [0, 0.1) is 5.92 Å². The van der Waals surface area contributed by atoms with Crippen molar-refractivity contribution in [1.29, 1.82) is 0 Å². The molecule has 0 bridgehead atoms. The van der Waals surface area contributed by atoms with Crippen molar-refractivity contribution in [3.05, 3.63) is 29.3 Å². The standard InChI is InChI=1S/C18H26N2O2/c1-14-4-2-9-20(13-14)10-3-8-19-18(21)16-5-6-17-15(12-16)7-11-22-17/h5-6,12,14H,2-4,7-11,13H2,1H3,(H,19,21)/t14-/m0/s1. The smallest absolute Gasteiger partial charge is 0.251 e. The van der Waals surface area contributed by atoms with Crippen LogP contribution in [0.15, 0.2) is 18.2 Å². The van der Waals surface area contributed by atoms with Gasteiger partial charge in [-0.2, -0.15) is 0 Å². The third-order valence-electron chi connectivity index (χ3n) is 4.63. The van der Waals surface area contributed by atoms with Crippen LogP contribution in [0.25, 0.3) is 0 Å². The van der Waals surface area contributed by atoms with E-state index in [0.29, 0.717) is 0 Å². The van der Waals surface area contributed by atoms with Crippen LogP contribution < -0.4 is 10.1 Å². The van der Waals surface area contributed by atoms with Crippen LogP contribution in [0.2, 0.25) is 0 Å². The van der Waals surface area contributed by atoms with Crippen molar-refractivity contribution in [2.75, 3.05) is 32.8 Å². The molecule has 0 aromatic heterocycles. The molecule has 0 unspecified atom stereocenters. The van der Waals surface area contributed by atoms with Crippen molar-refractivity contribution in [2.45, 2.75) is 32.6 Å². The molecule has 2 aliphatic heterocycles. The SMILES string of the molecule is C[C@H]1CCCN(CCCNC(=O)c2ccc3c(c2)CCO3)C1. The minimum Gasteiger partial charge on any atom is -0.493 e. The Morgan fingerprint density at radius 3 is 3.23 bits per heavy atom. The maximum atomic E-state index is 12.2. The minimum absolute atomic E-state index is 0.0294. The van der Waals surface area contributed by atoms with Gasteiger partial charge in [0.2, 0.25) is 0 Å². The minimum atomic E-state index is 0.0294. The van der Waals surface area contributed by atoms with E-state index in [1.165, 1.54) is 25.9 Å². The number of fused-ring (bicyclic) bond motifs is 1. The lowest BCUT2D eigenvalue weighted by Gasteiger charge is -2.30. The molecule has 4 heteroatoms. The number of hydrogen-bond donors (Lipinski definition) is 1. The number of amides is 1. The molecule has 1 aromatic rings. The van der Waals surface area contributed by atoms with Gasteiger partial charge in [0.25, 0.3) is 5.91 Å². The number of likely N-dealkylation sites (tertiary alicyclic amines) is 1. The van der Waals surface area contributed by atoms with Gasteiger partial charge in [0, 0.05) is 25.1 Å². The van der Waals surface area contributed by atoms with Gasteiger partial charge in [-0.15, -0.1) is 0 Å². The van der Waals surface area contributed by atoms with Crippen molar-refractivity contribution >= 4 is 5.91 Å². The number of piperidine rings is 1. The highest BCUT2D eigenvalue weighted by molar-refractivity contribution is 5.94. The highest BCUT2D eigenvalue weighted by Gasteiger charge is 2.16. The molecule has 0 radical (unpaired) electrons. The lowest BCUT2D eigenvalue weighted by molar-refractivity contribution is 0.0950. The number of hydrogen-bond acceptors (Lipinski definition) is 3. The van der Waals surface area contributed by atoms with Gasteiger partial charge in [0.1, 0.15) is 5.75 Å². The van der Waals surface area contributed by atoms with E-state index in [1.54, 1.807) is 0 Å². The second-order valence-electron chi connectivity index (χ2n) is 6.58. The molecule has 1 aromatic carbocycles. The Hall–Kier alpha value is -1.55. The number of rotatable bonds is 5. The Morgan fingerprint density at radius 2 is 2.36 bits per heavy atom. The van der Waals surface area contributed by atoms with Crippen molar-refractivity contribution in [3.8, 4) is 5.75 Å². The first-order valence-electron chi connectivity index (χ1n) is 8.48. The molecular weight excluding hydrogens is 276 g/mol. The first-order chi connectivity index (χ1) is 10.7. The molecule has 1 N–H and O–H groups in total. The molecule has 1 atom stereocenters. The summed E-state index contributed by atoms with van der Waals surface area (Å²) in [6.45, 7) is 7.31. The van der Waals surface area contributed by atoms with Crippen LogP contribution in [0.3, 0.4) is 0 Å². The fourth-order valence-electron chi connectivity index (χ4n) is 3.42. The van der Waals surface area contributed by atoms with Gasteiger partial charge in [-0.25, -0.2) is 0 Å². The van der Waals surface area contributed by atoms with Crippen LogP contribution >= 0.6 is 0 Å². The van der Waals surface area contributed by atoms with Crippen LogP contribution in [0.4, 0.5) is 0 Å². The molecule has 0 aliphatic carbocycles. The first kappa shape index (κ1) is 15.3. The molecule has 4 nitrogen and oxygen atoms in total. The average Bonchev–Trinajstić information content (AvgIpc) is 2.99. The van der Waals surface area contributed by atoms with Crippen molar-refractivity contribution in [2.24, 2.45) is 5.92 Å². The molecule has 0 spiro atoms. The highest BCUT2D eigenvalue weighted by atomic mass is 16.5. The Bertz CT molecular complexity index is 530. The zero-order chi connectivity index (χ0) is 15.4. The van der Waals surface area contributed by atoms with E-state index in [1.807, 2.05) is 18.2 Å². The fraction of sp³-hybridized carbons (Fsp3) is 0.611. The molecule has 1 amide bonds. The summed E-state index contributed by atoms with van der Waals surface area (Å²) in [5.41, 5.74) is 1.89. The molecule has 3 rings (SSSR count). The monoisotopic (exact) mass is 302 g/mol. The van der Waals surface area contributed by atoms with Gasteiger partial charge < -0.3 is 15.0 Å². The number of carbonyl (C=O) groups excluding carboxylic acids is 1. The molecule has 2 aliphatic rings. The fourth-order valence-corrected chi connectivity index (χ4v) is 3.42. The lowest BCUT2D eigenvalue weighted by atomic mass is 10.0. The van der Waals surface area contributed by atoms with Gasteiger partial charge in [-0.1, -0.05) is 6.92 Å².